The number of carbonyl (C=O) groups is 2. The van der Waals surface area contributed by atoms with Crippen LogP contribution in [0, 0.1) is 0 Å². The fourth-order valence-corrected chi connectivity index (χ4v) is 3.71. The van der Waals surface area contributed by atoms with Crippen molar-refractivity contribution in [1.82, 2.24) is 5.32 Å². The molecule has 0 atom stereocenters. The lowest BCUT2D eigenvalue weighted by Crippen LogP contribution is -2.26. The zero-order valence-electron chi connectivity index (χ0n) is 18.2. The van der Waals surface area contributed by atoms with E-state index in [1.807, 2.05) is 24.3 Å². The van der Waals surface area contributed by atoms with E-state index in [2.05, 4.69) is 12.2 Å². The van der Waals surface area contributed by atoms with Gasteiger partial charge in [0, 0.05) is 11.6 Å². The van der Waals surface area contributed by atoms with E-state index in [0.29, 0.717) is 35.9 Å². The van der Waals surface area contributed by atoms with Crippen LogP contribution < -0.4 is 10.1 Å². The summed E-state index contributed by atoms with van der Waals surface area (Å²) in [5.74, 6) is -0.752. The molecule has 0 saturated carbocycles. The lowest BCUT2D eigenvalue weighted by Gasteiger charge is -2.12. The summed E-state index contributed by atoms with van der Waals surface area (Å²) >= 11 is 12.2. The molecular weight excluding hydrogens is 461 g/mol. The van der Waals surface area contributed by atoms with Crippen molar-refractivity contribution >= 4 is 35.1 Å². The quantitative estimate of drug-likeness (QED) is 0.321. The first-order valence-electron chi connectivity index (χ1n) is 10.7. The van der Waals surface area contributed by atoms with Crippen molar-refractivity contribution in [1.29, 1.82) is 0 Å². The molecule has 0 aliphatic rings. The molecule has 0 saturated heterocycles. The summed E-state index contributed by atoms with van der Waals surface area (Å²) in [4.78, 5) is 23.8. The Morgan fingerprint density at radius 1 is 0.939 bits per heavy atom. The third kappa shape index (κ3) is 6.73. The molecule has 172 valence electrons. The van der Waals surface area contributed by atoms with Crippen molar-refractivity contribution in [3.05, 3.63) is 87.4 Å². The number of carbonyl (C=O) groups excluding carboxylic acids is 1. The molecule has 0 unspecified atom stereocenters. The van der Waals surface area contributed by atoms with Gasteiger partial charge in [0.2, 0.25) is 0 Å². The summed E-state index contributed by atoms with van der Waals surface area (Å²) in [6, 6.07) is 17.8. The second kappa shape index (κ2) is 11.7. The predicted octanol–water partition coefficient (Wildman–Crippen LogP) is 6.51. The molecule has 1 amide bonds. The molecular formula is C26H25Cl2NO4. The van der Waals surface area contributed by atoms with E-state index in [9.17, 15) is 9.59 Å². The topological polar surface area (TPSA) is 75.6 Å². The van der Waals surface area contributed by atoms with Crippen molar-refractivity contribution in [2.45, 2.75) is 26.2 Å². The average Bonchev–Trinajstić information content (AvgIpc) is 2.80. The first-order valence-corrected chi connectivity index (χ1v) is 11.5. The zero-order valence-corrected chi connectivity index (χ0v) is 19.7. The van der Waals surface area contributed by atoms with Gasteiger partial charge in [0.15, 0.2) is 0 Å². The standard InChI is InChI=1S/C26H25Cl2NO4/c1-2-3-14-33-24-11-9-20(27)16-22(24)25(30)29-13-12-17-4-6-18(7-5-17)19-8-10-21(26(31)32)23(28)15-19/h4-11,15-16H,2-3,12-14H2,1H3,(H,29,30)(H,31,32). The minimum Gasteiger partial charge on any atom is -0.493 e. The largest absolute Gasteiger partial charge is 0.493 e. The average molecular weight is 486 g/mol. The number of nitrogens with one attached hydrogen (secondary N) is 1. The van der Waals surface area contributed by atoms with E-state index < -0.39 is 5.97 Å². The van der Waals surface area contributed by atoms with Gasteiger partial charge in [0.25, 0.3) is 5.91 Å². The number of carboxylic acids is 1. The molecule has 0 aromatic heterocycles. The van der Waals surface area contributed by atoms with E-state index in [1.54, 1.807) is 30.3 Å². The fraction of sp³-hybridized carbons (Fsp3) is 0.231. The normalized spacial score (nSPS) is 10.6. The molecule has 0 heterocycles. The van der Waals surface area contributed by atoms with Gasteiger partial charge in [-0.2, -0.15) is 0 Å². The van der Waals surface area contributed by atoms with Crippen LogP contribution in [0.25, 0.3) is 11.1 Å². The Morgan fingerprint density at radius 2 is 1.67 bits per heavy atom. The zero-order chi connectivity index (χ0) is 23.8. The van der Waals surface area contributed by atoms with E-state index in [4.69, 9.17) is 33.0 Å². The van der Waals surface area contributed by atoms with Gasteiger partial charge in [-0.1, -0.05) is 66.9 Å². The predicted molar refractivity (Wildman–Crippen MR) is 132 cm³/mol. The molecule has 7 heteroatoms. The summed E-state index contributed by atoms with van der Waals surface area (Å²) < 4.78 is 5.74. The van der Waals surface area contributed by atoms with Gasteiger partial charge in [-0.05, 0) is 59.9 Å². The van der Waals surface area contributed by atoms with Crippen LogP contribution in [0.3, 0.4) is 0 Å². The van der Waals surface area contributed by atoms with Gasteiger partial charge in [0.1, 0.15) is 5.75 Å². The van der Waals surface area contributed by atoms with Crippen molar-refractivity contribution in [3.63, 3.8) is 0 Å². The highest BCUT2D eigenvalue weighted by atomic mass is 35.5. The number of hydrogen-bond acceptors (Lipinski definition) is 3. The Morgan fingerprint density at radius 3 is 2.33 bits per heavy atom. The maximum absolute atomic E-state index is 12.7. The summed E-state index contributed by atoms with van der Waals surface area (Å²) in [5.41, 5.74) is 3.32. The van der Waals surface area contributed by atoms with Gasteiger partial charge in [-0.15, -0.1) is 0 Å². The Balaban J connectivity index is 1.59. The summed E-state index contributed by atoms with van der Waals surface area (Å²) in [7, 11) is 0. The van der Waals surface area contributed by atoms with Crippen molar-refractivity contribution in [2.24, 2.45) is 0 Å². The highest BCUT2D eigenvalue weighted by Gasteiger charge is 2.14. The van der Waals surface area contributed by atoms with Crippen LogP contribution >= 0.6 is 23.2 Å². The highest BCUT2D eigenvalue weighted by molar-refractivity contribution is 6.33. The second-order valence-corrected chi connectivity index (χ2v) is 8.39. The molecule has 0 fully saturated rings. The lowest BCUT2D eigenvalue weighted by atomic mass is 10.0. The number of unbranched alkanes of at least 4 members (excludes halogenated alkanes) is 1. The number of rotatable bonds is 10. The lowest BCUT2D eigenvalue weighted by molar-refractivity contribution is 0.0696. The van der Waals surface area contributed by atoms with Gasteiger partial charge < -0.3 is 15.2 Å². The number of carboxylic acid groups (broad SMARTS) is 1. The highest BCUT2D eigenvalue weighted by Crippen LogP contribution is 2.26. The first kappa shape index (κ1) is 24.6. The molecule has 0 radical (unpaired) electrons. The van der Waals surface area contributed by atoms with Crippen LogP contribution in [0.1, 0.15) is 46.0 Å². The van der Waals surface area contributed by atoms with E-state index in [1.165, 1.54) is 6.07 Å². The van der Waals surface area contributed by atoms with E-state index in [0.717, 1.165) is 29.5 Å². The van der Waals surface area contributed by atoms with Crippen LogP contribution in [0.15, 0.2) is 60.7 Å². The van der Waals surface area contributed by atoms with Gasteiger partial charge in [0.05, 0.1) is 22.8 Å². The Bertz CT molecular complexity index is 1130. The van der Waals surface area contributed by atoms with Crippen LogP contribution in [-0.2, 0) is 6.42 Å². The summed E-state index contributed by atoms with van der Waals surface area (Å²) in [5, 5.41) is 12.7. The van der Waals surface area contributed by atoms with E-state index >= 15 is 0 Å². The maximum Gasteiger partial charge on any atom is 0.337 e. The smallest absolute Gasteiger partial charge is 0.337 e. The van der Waals surface area contributed by atoms with Crippen LogP contribution in [-0.4, -0.2) is 30.1 Å². The molecule has 2 N–H and O–H groups in total. The number of aromatic carboxylic acids is 1. The minimum atomic E-state index is -1.05. The Labute approximate surface area is 203 Å². The second-order valence-electron chi connectivity index (χ2n) is 7.55. The molecule has 5 nitrogen and oxygen atoms in total. The molecule has 0 bridgehead atoms. The molecule has 3 rings (SSSR count). The monoisotopic (exact) mass is 485 g/mol. The van der Waals surface area contributed by atoms with Crippen molar-refractivity contribution in [3.8, 4) is 16.9 Å². The fourth-order valence-electron chi connectivity index (χ4n) is 3.28. The number of amides is 1. The third-order valence-corrected chi connectivity index (χ3v) is 5.68. The van der Waals surface area contributed by atoms with Gasteiger partial charge in [-0.25, -0.2) is 4.79 Å². The molecule has 33 heavy (non-hydrogen) atoms. The van der Waals surface area contributed by atoms with Crippen LogP contribution in [0.5, 0.6) is 5.75 Å². The summed E-state index contributed by atoms with van der Waals surface area (Å²) in [6.45, 7) is 3.09. The van der Waals surface area contributed by atoms with E-state index in [-0.39, 0.29) is 16.5 Å². The van der Waals surface area contributed by atoms with Gasteiger partial charge in [-0.3, -0.25) is 4.79 Å². The maximum atomic E-state index is 12.7. The minimum absolute atomic E-state index is 0.0754. The summed E-state index contributed by atoms with van der Waals surface area (Å²) in [6.07, 6.45) is 2.57. The third-order valence-electron chi connectivity index (χ3n) is 5.13. The molecule has 0 aliphatic heterocycles. The SMILES string of the molecule is CCCCOc1ccc(Cl)cc1C(=O)NCCc1ccc(-c2ccc(C(=O)O)c(Cl)c2)cc1. The van der Waals surface area contributed by atoms with Gasteiger partial charge >= 0.3 is 5.97 Å². The van der Waals surface area contributed by atoms with Crippen LogP contribution in [0.4, 0.5) is 0 Å². The van der Waals surface area contributed by atoms with Crippen molar-refractivity contribution < 1.29 is 19.4 Å². The number of ether oxygens (including phenoxy) is 1. The molecule has 0 aliphatic carbocycles. The molecule has 0 spiro atoms. The number of hydrogen-bond donors (Lipinski definition) is 2. The molecule has 3 aromatic rings. The Kier molecular flexibility index (Phi) is 8.75. The Hall–Kier alpha value is -3.02. The number of benzene rings is 3. The van der Waals surface area contributed by atoms with Crippen LogP contribution in [0.2, 0.25) is 10.0 Å². The first-order chi connectivity index (χ1) is 15.9. The van der Waals surface area contributed by atoms with Crippen molar-refractivity contribution in [2.75, 3.05) is 13.2 Å². The molecule has 3 aromatic carbocycles. The number of halogens is 2.